The van der Waals surface area contributed by atoms with E-state index in [4.69, 9.17) is 0 Å². The topological polar surface area (TPSA) is 96.2 Å². The van der Waals surface area contributed by atoms with Gasteiger partial charge < -0.3 is 19.9 Å². The van der Waals surface area contributed by atoms with Crippen LogP contribution in [0.15, 0.2) is 61.2 Å². The van der Waals surface area contributed by atoms with Gasteiger partial charge in [0.2, 0.25) is 11.8 Å². The van der Waals surface area contributed by atoms with Crippen LogP contribution in [0.1, 0.15) is 66.5 Å². The SMILES string of the molecule is C=CCN(c1nc(C(=O)O)nc2nc(N[C@@H](C)c3cccc(F)c3)n(Cc3ccc(C(F)(F)F)cc3)c12)[C@H](C)C1CCC1. The summed E-state index contributed by atoms with van der Waals surface area (Å²) in [6, 6.07) is 10.4. The van der Waals surface area contributed by atoms with Gasteiger partial charge in [0, 0.05) is 12.6 Å². The number of halogens is 4. The Balaban J connectivity index is 1.68. The Morgan fingerprint density at radius 1 is 1.16 bits per heavy atom. The lowest BCUT2D eigenvalue weighted by atomic mass is 9.79. The Morgan fingerprint density at radius 2 is 1.88 bits per heavy atom. The van der Waals surface area contributed by atoms with Crippen LogP contribution in [0.3, 0.4) is 0 Å². The number of anilines is 2. The van der Waals surface area contributed by atoms with Crippen LogP contribution in [-0.4, -0.2) is 43.2 Å². The molecule has 2 heterocycles. The number of fused-ring (bicyclic) bond motifs is 1. The number of nitrogens with one attached hydrogen (secondary N) is 1. The van der Waals surface area contributed by atoms with E-state index in [0.29, 0.717) is 34.9 Å². The Hall–Kier alpha value is -4.48. The van der Waals surface area contributed by atoms with Crippen molar-refractivity contribution in [3.63, 3.8) is 0 Å². The largest absolute Gasteiger partial charge is 0.475 e. The van der Waals surface area contributed by atoms with E-state index >= 15 is 0 Å². The highest BCUT2D eigenvalue weighted by molar-refractivity contribution is 5.92. The third kappa shape index (κ3) is 6.32. The molecule has 0 saturated heterocycles. The quantitative estimate of drug-likeness (QED) is 0.141. The van der Waals surface area contributed by atoms with Gasteiger partial charge >= 0.3 is 12.1 Å². The summed E-state index contributed by atoms with van der Waals surface area (Å²) in [7, 11) is 0. The number of aromatic nitrogens is 4. The number of aromatic carboxylic acids is 1. The van der Waals surface area contributed by atoms with Gasteiger partial charge in [-0.15, -0.1) is 6.58 Å². The fraction of sp³-hybridized carbons (Fsp3) is 0.355. The maximum Gasteiger partial charge on any atom is 0.416 e. The lowest BCUT2D eigenvalue weighted by Crippen LogP contribution is -2.42. The summed E-state index contributed by atoms with van der Waals surface area (Å²) in [5.41, 5.74) is 0.943. The number of carbonyl (C=O) groups is 1. The van der Waals surface area contributed by atoms with Crippen molar-refractivity contribution < 1.29 is 27.5 Å². The second-order valence-corrected chi connectivity index (χ2v) is 10.9. The van der Waals surface area contributed by atoms with Crippen LogP contribution < -0.4 is 10.2 Å². The van der Waals surface area contributed by atoms with Crippen molar-refractivity contribution in [2.45, 2.75) is 57.9 Å². The van der Waals surface area contributed by atoms with Gasteiger partial charge in [-0.3, -0.25) is 0 Å². The maximum absolute atomic E-state index is 14.0. The first-order valence-electron chi connectivity index (χ1n) is 14.0. The first-order valence-corrected chi connectivity index (χ1v) is 14.0. The molecule has 0 radical (unpaired) electrons. The molecule has 1 saturated carbocycles. The molecule has 226 valence electrons. The van der Waals surface area contributed by atoms with E-state index in [-0.39, 0.29) is 24.2 Å². The van der Waals surface area contributed by atoms with Crippen molar-refractivity contribution in [1.29, 1.82) is 0 Å². The number of carboxylic acids is 1. The van der Waals surface area contributed by atoms with Gasteiger partial charge in [-0.1, -0.05) is 36.8 Å². The summed E-state index contributed by atoms with van der Waals surface area (Å²) in [6.07, 6.45) is 0.388. The molecule has 8 nitrogen and oxygen atoms in total. The first-order chi connectivity index (χ1) is 20.5. The molecule has 1 aliphatic carbocycles. The van der Waals surface area contributed by atoms with Crippen LogP contribution in [0, 0.1) is 11.7 Å². The lowest BCUT2D eigenvalue weighted by Gasteiger charge is -2.39. The molecule has 2 atom stereocenters. The standard InChI is InChI=1S/C31H32F4N6O2/c1-4-15-40(19(3)21-7-5-8-21)28-25-26(37-27(38-28)29(42)43)39-30(36-18(2)22-9-6-10-24(32)16-22)41(25)17-20-11-13-23(14-12-20)31(33,34)35/h4,6,9-14,16,18-19,21H,1,5,7-8,15,17H2,2-3H3,(H,42,43)(H,36,37,38,39)/t18-,19+/m0/s1. The van der Waals surface area contributed by atoms with E-state index in [1.807, 2.05) is 11.8 Å². The van der Waals surface area contributed by atoms with E-state index in [0.717, 1.165) is 31.4 Å². The van der Waals surface area contributed by atoms with Crippen LogP contribution in [0.4, 0.5) is 29.3 Å². The Bertz CT molecular complexity index is 1630. The van der Waals surface area contributed by atoms with Crippen molar-refractivity contribution in [1.82, 2.24) is 19.5 Å². The Kier molecular flexibility index (Phi) is 8.38. The molecule has 0 amide bonds. The molecule has 2 N–H and O–H groups in total. The van der Waals surface area contributed by atoms with E-state index < -0.39 is 35.4 Å². The number of imidazole rings is 1. The molecule has 0 aliphatic heterocycles. The molecular weight excluding hydrogens is 564 g/mol. The van der Waals surface area contributed by atoms with Crippen molar-refractivity contribution in [2.75, 3.05) is 16.8 Å². The van der Waals surface area contributed by atoms with Gasteiger partial charge in [0.25, 0.3) is 0 Å². The summed E-state index contributed by atoms with van der Waals surface area (Å²) in [5.74, 6) is -1.17. The third-order valence-corrected chi connectivity index (χ3v) is 8.01. The average Bonchev–Trinajstić information content (AvgIpc) is 3.26. The molecular formula is C31H32F4N6O2. The van der Waals surface area contributed by atoms with Gasteiger partial charge in [-0.2, -0.15) is 18.2 Å². The maximum atomic E-state index is 14.0. The minimum absolute atomic E-state index is 0.0106. The zero-order valence-corrected chi connectivity index (χ0v) is 23.8. The summed E-state index contributed by atoms with van der Waals surface area (Å²) in [4.78, 5) is 27.4. The van der Waals surface area contributed by atoms with Crippen molar-refractivity contribution in [2.24, 2.45) is 5.92 Å². The zero-order chi connectivity index (χ0) is 30.9. The molecule has 1 fully saturated rings. The molecule has 1 aliphatic rings. The second kappa shape index (κ2) is 12.0. The van der Waals surface area contributed by atoms with Gasteiger partial charge in [-0.25, -0.2) is 19.2 Å². The van der Waals surface area contributed by atoms with Crippen molar-refractivity contribution >= 4 is 28.9 Å². The van der Waals surface area contributed by atoms with Crippen LogP contribution in [0.5, 0.6) is 0 Å². The van der Waals surface area contributed by atoms with Gasteiger partial charge in [0.15, 0.2) is 11.5 Å². The van der Waals surface area contributed by atoms with Crippen molar-refractivity contribution in [3.05, 3.63) is 89.5 Å². The summed E-state index contributed by atoms with van der Waals surface area (Å²) >= 11 is 0. The number of hydrogen-bond donors (Lipinski definition) is 2. The minimum Gasteiger partial charge on any atom is -0.475 e. The second-order valence-electron chi connectivity index (χ2n) is 10.9. The molecule has 0 spiro atoms. The van der Waals surface area contributed by atoms with E-state index in [9.17, 15) is 27.5 Å². The third-order valence-electron chi connectivity index (χ3n) is 8.01. The highest BCUT2D eigenvalue weighted by Crippen LogP contribution is 2.37. The molecule has 2 aromatic heterocycles. The highest BCUT2D eigenvalue weighted by Gasteiger charge is 2.33. The predicted molar refractivity (Wildman–Crippen MR) is 156 cm³/mol. The number of alkyl halides is 3. The summed E-state index contributed by atoms with van der Waals surface area (Å²) < 4.78 is 55.5. The Morgan fingerprint density at radius 3 is 2.47 bits per heavy atom. The van der Waals surface area contributed by atoms with Gasteiger partial charge in [0.05, 0.1) is 18.2 Å². The summed E-state index contributed by atoms with van der Waals surface area (Å²) in [6.45, 7) is 8.22. The normalized spacial score (nSPS) is 15.1. The van der Waals surface area contributed by atoms with Crippen LogP contribution in [0.25, 0.3) is 11.2 Å². The molecule has 0 bridgehead atoms. The van der Waals surface area contributed by atoms with Gasteiger partial charge in [0.1, 0.15) is 11.3 Å². The van der Waals surface area contributed by atoms with Crippen LogP contribution in [0.2, 0.25) is 0 Å². The number of benzene rings is 2. The average molecular weight is 597 g/mol. The van der Waals surface area contributed by atoms with E-state index in [1.165, 1.54) is 24.3 Å². The van der Waals surface area contributed by atoms with Crippen LogP contribution in [-0.2, 0) is 12.7 Å². The van der Waals surface area contributed by atoms with E-state index in [2.05, 4.69) is 33.8 Å². The van der Waals surface area contributed by atoms with Crippen LogP contribution >= 0.6 is 0 Å². The molecule has 0 unspecified atom stereocenters. The number of nitrogens with zero attached hydrogens (tertiary/aromatic N) is 5. The molecule has 2 aromatic carbocycles. The molecule has 4 aromatic rings. The Labute approximate surface area is 246 Å². The van der Waals surface area contributed by atoms with E-state index in [1.54, 1.807) is 22.8 Å². The lowest BCUT2D eigenvalue weighted by molar-refractivity contribution is -0.137. The monoisotopic (exact) mass is 596 g/mol. The number of carboxylic acid groups (broad SMARTS) is 1. The molecule has 5 rings (SSSR count). The highest BCUT2D eigenvalue weighted by atomic mass is 19.4. The summed E-state index contributed by atoms with van der Waals surface area (Å²) in [5, 5.41) is 13.1. The van der Waals surface area contributed by atoms with Crippen molar-refractivity contribution in [3.8, 4) is 0 Å². The number of rotatable bonds is 11. The number of hydrogen-bond acceptors (Lipinski definition) is 6. The zero-order valence-electron chi connectivity index (χ0n) is 23.8. The minimum atomic E-state index is -4.48. The predicted octanol–water partition coefficient (Wildman–Crippen LogP) is 7.08. The first kappa shape index (κ1) is 30.0. The van der Waals surface area contributed by atoms with Gasteiger partial charge in [-0.05, 0) is 68.0 Å². The smallest absolute Gasteiger partial charge is 0.416 e. The fourth-order valence-corrected chi connectivity index (χ4v) is 5.37. The molecule has 43 heavy (non-hydrogen) atoms. The molecule has 12 heteroatoms. The fourth-order valence-electron chi connectivity index (χ4n) is 5.37.